The third-order valence-electron chi connectivity index (χ3n) is 4.21. The Kier molecular flexibility index (Phi) is 6.53. The summed E-state index contributed by atoms with van der Waals surface area (Å²) in [6.45, 7) is 3.98. The Morgan fingerprint density at radius 2 is 1.86 bits per heavy atom. The molecule has 6 nitrogen and oxygen atoms in total. The highest BCUT2D eigenvalue weighted by Crippen LogP contribution is 2.28. The number of benzene rings is 1. The SMILES string of the molecule is CC(C)[C@H](CO)Nc1nc(Nc2ccc(F)cc2Br)cc(-c2ccncc2)n1. The lowest BCUT2D eigenvalue weighted by molar-refractivity contribution is 0.248. The molecule has 0 aliphatic heterocycles. The summed E-state index contributed by atoms with van der Waals surface area (Å²) in [5.41, 5.74) is 2.25. The quantitative estimate of drug-likeness (QED) is 0.492. The maximum atomic E-state index is 13.4. The molecule has 146 valence electrons. The minimum Gasteiger partial charge on any atom is -0.394 e. The van der Waals surface area contributed by atoms with Gasteiger partial charge in [-0.3, -0.25) is 4.98 Å². The maximum Gasteiger partial charge on any atom is 0.225 e. The molecule has 0 aliphatic carbocycles. The average Bonchev–Trinajstić information content (AvgIpc) is 2.68. The van der Waals surface area contributed by atoms with E-state index in [9.17, 15) is 9.50 Å². The van der Waals surface area contributed by atoms with Crippen LogP contribution >= 0.6 is 15.9 Å². The zero-order valence-corrected chi connectivity index (χ0v) is 17.1. The van der Waals surface area contributed by atoms with Gasteiger partial charge in [-0.05, 0) is 52.2 Å². The highest BCUT2D eigenvalue weighted by molar-refractivity contribution is 9.10. The molecule has 0 spiro atoms. The zero-order valence-electron chi connectivity index (χ0n) is 15.5. The van der Waals surface area contributed by atoms with Gasteiger partial charge in [-0.1, -0.05) is 13.8 Å². The number of aliphatic hydroxyl groups excluding tert-OH is 1. The van der Waals surface area contributed by atoms with Gasteiger partial charge in [0.05, 0.1) is 24.0 Å². The molecule has 1 atom stereocenters. The lowest BCUT2D eigenvalue weighted by atomic mass is 10.1. The second-order valence-electron chi connectivity index (χ2n) is 6.62. The first kappa shape index (κ1) is 20.2. The number of nitrogens with zero attached hydrogens (tertiary/aromatic N) is 3. The highest BCUT2D eigenvalue weighted by Gasteiger charge is 2.15. The van der Waals surface area contributed by atoms with Gasteiger partial charge in [-0.15, -0.1) is 0 Å². The van der Waals surface area contributed by atoms with Gasteiger partial charge in [0.25, 0.3) is 0 Å². The van der Waals surface area contributed by atoms with E-state index in [1.54, 1.807) is 24.5 Å². The Hall–Kier alpha value is -2.58. The van der Waals surface area contributed by atoms with E-state index in [4.69, 9.17) is 0 Å². The number of nitrogens with one attached hydrogen (secondary N) is 2. The summed E-state index contributed by atoms with van der Waals surface area (Å²) in [7, 11) is 0. The van der Waals surface area contributed by atoms with Crippen molar-refractivity contribution in [3.05, 3.63) is 59.1 Å². The van der Waals surface area contributed by atoms with E-state index in [0.717, 1.165) is 5.56 Å². The Morgan fingerprint density at radius 3 is 2.50 bits per heavy atom. The van der Waals surface area contributed by atoms with Crippen LogP contribution in [0.1, 0.15) is 13.8 Å². The fraction of sp³-hybridized carbons (Fsp3) is 0.250. The Balaban J connectivity index is 1.99. The molecular formula is C20H21BrFN5O. The zero-order chi connectivity index (χ0) is 20.1. The van der Waals surface area contributed by atoms with Crippen LogP contribution in [-0.2, 0) is 0 Å². The van der Waals surface area contributed by atoms with Crippen LogP contribution in [0.15, 0.2) is 53.3 Å². The number of aliphatic hydroxyl groups is 1. The predicted octanol–water partition coefficient (Wildman–Crippen LogP) is 4.61. The van der Waals surface area contributed by atoms with Gasteiger partial charge in [0.15, 0.2) is 0 Å². The van der Waals surface area contributed by atoms with Crippen molar-refractivity contribution in [1.82, 2.24) is 15.0 Å². The molecule has 0 radical (unpaired) electrons. The molecular weight excluding hydrogens is 425 g/mol. The fourth-order valence-corrected chi connectivity index (χ4v) is 3.01. The predicted molar refractivity (Wildman–Crippen MR) is 112 cm³/mol. The van der Waals surface area contributed by atoms with Crippen LogP contribution in [0.25, 0.3) is 11.3 Å². The molecule has 0 fully saturated rings. The Morgan fingerprint density at radius 1 is 1.11 bits per heavy atom. The molecule has 8 heteroatoms. The molecule has 2 heterocycles. The van der Waals surface area contributed by atoms with E-state index in [0.29, 0.717) is 27.6 Å². The lowest BCUT2D eigenvalue weighted by Gasteiger charge is -2.21. The van der Waals surface area contributed by atoms with Crippen molar-refractivity contribution in [2.75, 3.05) is 17.2 Å². The standard InChI is InChI=1S/C20H21BrFN5O/c1-12(2)18(11-28)26-20-25-17(13-5-7-23-8-6-13)10-19(27-20)24-16-4-3-14(22)9-15(16)21/h3-10,12,18,28H,11H2,1-2H3,(H2,24,25,26,27)/t18-/m0/s1. The highest BCUT2D eigenvalue weighted by atomic mass is 79.9. The maximum absolute atomic E-state index is 13.4. The van der Waals surface area contributed by atoms with E-state index >= 15 is 0 Å². The first-order valence-electron chi connectivity index (χ1n) is 8.85. The first-order chi connectivity index (χ1) is 13.5. The number of aromatic nitrogens is 3. The number of rotatable bonds is 7. The molecule has 28 heavy (non-hydrogen) atoms. The van der Waals surface area contributed by atoms with Crippen molar-refractivity contribution in [3.8, 4) is 11.3 Å². The number of halogens is 2. The minimum absolute atomic E-state index is 0.0349. The number of anilines is 3. The van der Waals surface area contributed by atoms with Crippen molar-refractivity contribution in [2.45, 2.75) is 19.9 Å². The van der Waals surface area contributed by atoms with Crippen LogP contribution in [0.3, 0.4) is 0 Å². The summed E-state index contributed by atoms with van der Waals surface area (Å²) in [4.78, 5) is 13.1. The van der Waals surface area contributed by atoms with E-state index in [1.807, 2.05) is 26.0 Å². The van der Waals surface area contributed by atoms with E-state index in [-0.39, 0.29) is 24.4 Å². The molecule has 0 saturated heterocycles. The summed E-state index contributed by atoms with van der Waals surface area (Å²) in [6.07, 6.45) is 3.39. The molecule has 2 aromatic heterocycles. The topological polar surface area (TPSA) is 83.0 Å². The van der Waals surface area contributed by atoms with Crippen molar-refractivity contribution < 1.29 is 9.50 Å². The van der Waals surface area contributed by atoms with Crippen LogP contribution in [0.2, 0.25) is 0 Å². The third kappa shape index (κ3) is 5.02. The van der Waals surface area contributed by atoms with Crippen LogP contribution in [0.4, 0.5) is 21.8 Å². The van der Waals surface area contributed by atoms with E-state index < -0.39 is 0 Å². The Labute approximate surface area is 171 Å². The molecule has 3 N–H and O–H groups in total. The molecule has 3 aromatic rings. The van der Waals surface area contributed by atoms with Gasteiger partial charge in [0.2, 0.25) is 5.95 Å². The molecule has 0 bridgehead atoms. The second-order valence-corrected chi connectivity index (χ2v) is 7.48. The Bertz CT molecular complexity index is 939. The van der Waals surface area contributed by atoms with Gasteiger partial charge in [0, 0.05) is 28.5 Å². The minimum atomic E-state index is -0.331. The molecule has 0 amide bonds. The fourth-order valence-electron chi connectivity index (χ4n) is 2.56. The van der Waals surface area contributed by atoms with Crippen molar-refractivity contribution >= 4 is 33.4 Å². The molecule has 3 rings (SSSR count). The van der Waals surface area contributed by atoms with Crippen molar-refractivity contribution in [1.29, 1.82) is 0 Å². The van der Waals surface area contributed by atoms with E-state index in [1.165, 1.54) is 12.1 Å². The molecule has 0 unspecified atom stereocenters. The smallest absolute Gasteiger partial charge is 0.225 e. The number of hydrogen-bond acceptors (Lipinski definition) is 6. The average molecular weight is 446 g/mol. The normalized spacial score (nSPS) is 12.1. The molecule has 0 aliphatic rings. The number of hydrogen-bond donors (Lipinski definition) is 3. The summed E-state index contributed by atoms with van der Waals surface area (Å²) in [5, 5.41) is 16.0. The summed E-state index contributed by atoms with van der Waals surface area (Å²) in [6, 6.07) is 9.72. The van der Waals surface area contributed by atoms with Gasteiger partial charge in [-0.2, -0.15) is 4.98 Å². The van der Waals surface area contributed by atoms with Crippen LogP contribution < -0.4 is 10.6 Å². The second kappa shape index (κ2) is 9.07. The molecule has 0 saturated carbocycles. The summed E-state index contributed by atoms with van der Waals surface area (Å²) in [5.74, 6) is 0.795. The largest absolute Gasteiger partial charge is 0.394 e. The van der Waals surface area contributed by atoms with E-state index in [2.05, 4.69) is 41.5 Å². The van der Waals surface area contributed by atoms with Crippen molar-refractivity contribution in [2.24, 2.45) is 5.92 Å². The van der Waals surface area contributed by atoms with Gasteiger partial charge in [-0.25, -0.2) is 9.37 Å². The van der Waals surface area contributed by atoms with Gasteiger partial charge >= 0.3 is 0 Å². The van der Waals surface area contributed by atoms with Crippen LogP contribution in [0, 0.1) is 11.7 Å². The van der Waals surface area contributed by atoms with Gasteiger partial charge in [0.1, 0.15) is 11.6 Å². The summed E-state index contributed by atoms with van der Waals surface area (Å²) >= 11 is 3.35. The van der Waals surface area contributed by atoms with Crippen LogP contribution in [0.5, 0.6) is 0 Å². The van der Waals surface area contributed by atoms with Crippen molar-refractivity contribution in [3.63, 3.8) is 0 Å². The van der Waals surface area contributed by atoms with Crippen LogP contribution in [-0.4, -0.2) is 32.7 Å². The third-order valence-corrected chi connectivity index (χ3v) is 4.87. The van der Waals surface area contributed by atoms with Gasteiger partial charge < -0.3 is 15.7 Å². The summed E-state index contributed by atoms with van der Waals surface area (Å²) < 4.78 is 14.0. The first-order valence-corrected chi connectivity index (χ1v) is 9.64. The lowest BCUT2D eigenvalue weighted by Crippen LogP contribution is -2.30. The molecule has 1 aromatic carbocycles. The number of pyridine rings is 1. The monoisotopic (exact) mass is 445 g/mol.